The minimum atomic E-state index is -0.510. The molecule has 152 valence electrons. The number of hydrazone groups is 1. The molecular weight excluding hydrogens is 376 g/mol. The molecule has 1 amide bonds. The van der Waals surface area contributed by atoms with Crippen LogP contribution in [0.4, 0.5) is 11.5 Å². The number of amides is 1. The molecule has 29 heavy (non-hydrogen) atoms. The summed E-state index contributed by atoms with van der Waals surface area (Å²) in [4.78, 5) is 16.4. The van der Waals surface area contributed by atoms with Gasteiger partial charge in [0.2, 0.25) is 11.6 Å². The van der Waals surface area contributed by atoms with E-state index in [4.69, 9.17) is 5.73 Å². The van der Waals surface area contributed by atoms with Crippen LogP contribution in [0.5, 0.6) is 0 Å². The van der Waals surface area contributed by atoms with Crippen molar-refractivity contribution in [3.63, 3.8) is 0 Å². The Hall–Kier alpha value is -3.80. The number of nitrogens with two attached hydrogens (primary N) is 1. The zero-order valence-electron chi connectivity index (χ0n) is 16.6. The molecule has 3 N–H and O–H groups in total. The summed E-state index contributed by atoms with van der Waals surface area (Å²) in [6.07, 6.45) is 1.55. The molecule has 0 atom stereocenters. The third kappa shape index (κ3) is 4.55. The van der Waals surface area contributed by atoms with E-state index in [9.17, 15) is 4.79 Å². The predicted octanol–water partition coefficient (Wildman–Crippen LogP) is 0.124. The highest BCUT2D eigenvalue weighted by Crippen LogP contribution is 2.17. The Morgan fingerprint density at radius 3 is 2.55 bits per heavy atom. The first-order valence-corrected chi connectivity index (χ1v) is 8.65. The average molecular weight is 398 g/mol. The number of nitrogens with one attached hydrogen (secondary N) is 1. The van der Waals surface area contributed by atoms with Gasteiger partial charge in [0.1, 0.15) is 0 Å². The molecule has 3 aromatic rings. The van der Waals surface area contributed by atoms with Gasteiger partial charge in [-0.2, -0.15) is 9.78 Å². The van der Waals surface area contributed by atoms with Gasteiger partial charge in [-0.05, 0) is 42.1 Å². The summed E-state index contributed by atoms with van der Waals surface area (Å²) in [5.41, 5.74) is 10.7. The van der Waals surface area contributed by atoms with E-state index in [1.807, 2.05) is 62.3 Å². The van der Waals surface area contributed by atoms with E-state index in [1.165, 1.54) is 4.68 Å². The van der Waals surface area contributed by atoms with Gasteiger partial charge in [-0.15, -0.1) is 5.10 Å². The quantitative estimate of drug-likeness (QED) is 0.419. The zero-order chi connectivity index (χ0) is 21.0. The molecule has 0 radical (unpaired) electrons. The first kappa shape index (κ1) is 19.9. The number of hydrogen-bond acceptors (Lipinski definition) is 10. The second-order valence-corrected chi connectivity index (χ2v) is 6.69. The summed E-state index contributed by atoms with van der Waals surface area (Å²) in [5, 5.41) is 19.2. The van der Waals surface area contributed by atoms with E-state index in [-0.39, 0.29) is 17.3 Å². The van der Waals surface area contributed by atoms with Crippen molar-refractivity contribution in [1.29, 1.82) is 0 Å². The first-order chi connectivity index (χ1) is 13.9. The van der Waals surface area contributed by atoms with Crippen molar-refractivity contribution in [3.8, 4) is 5.82 Å². The fourth-order valence-corrected chi connectivity index (χ4v) is 2.50. The smallest absolute Gasteiger partial charge is 0.293 e. The molecule has 2 aromatic heterocycles. The maximum atomic E-state index is 12.6. The predicted molar refractivity (Wildman–Crippen MR) is 107 cm³/mol. The van der Waals surface area contributed by atoms with Gasteiger partial charge >= 0.3 is 0 Å². The van der Waals surface area contributed by atoms with E-state index < -0.39 is 5.91 Å². The maximum Gasteiger partial charge on any atom is 0.293 e. The number of benzene rings is 1. The van der Waals surface area contributed by atoms with Crippen molar-refractivity contribution in [2.24, 2.45) is 5.10 Å². The van der Waals surface area contributed by atoms with Crippen LogP contribution in [0, 0.1) is 0 Å². The second-order valence-electron chi connectivity index (χ2n) is 6.69. The fraction of sp³-hybridized carbons (Fsp3) is 0.294. The van der Waals surface area contributed by atoms with E-state index in [1.54, 1.807) is 6.21 Å². The van der Waals surface area contributed by atoms with E-state index in [0.717, 1.165) is 11.3 Å². The van der Waals surface area contributed by atoms with Crippen LogP contribution in [0.2, 0.25) is 0 Å². The first-order valence-electron chi connectivity index (χ1n) is 8.65. The van der Waals surface area contributed by atoms with Gasteiger partial charge in [0.25, 0.3) is 5.91 Å². The molecule has 0 aliphatic rings. The van der Waals surface area contributed by atoms with Crippen LogP contribution in [0.1, 0.15) is 21.7 Å². The van der Waals surface area contributed by atoms with Crippen molar-refractivity contribution in [2.45, 2.75) is 6.54 Å². The number of nitrogen functional groups attached to an aromatic ring is 1. The summed E-state index contributed by atoms with van der Waals surface area (Å²) in [5.74, 6) is -0.303. The molecule has 0 unspecified atom stereocenters. The highest BCUT2D eigenvalue weighted by atomic mass is 16.6. The normalized spacial score (nSPS) is 11.3. The highest BCUT2D eigenvalue weighted by Gasteiger charge is 2.24. The molecule has 0 saturated carbocycles. The van der Waals surface area contributed by atoms with Crippen LogP contribution in [0.15, 0.2) is 34.0 Å². The molecule has 12 heteroatoms. The van der Waals surface area contributed by atoms with Crippen LogP contribution in [-0.2, 0) is 6.54 Å². The lowest BCUT2D eigenvalue weighted by atomic mass is 10.2. The van der Waals surface area contributed by atoms with Gasteiger partial charge in [0.15, 0.2) is 5.69 Å². The van der Waals surface area contributed by atoms with Gasteiger partial charge in [0.05, 0.1) is 11.9 Å². The second kappa shape index (κ2) is 8.48. The minimum absolute atomic E-state index is 0.0426. The van der Waals surface area contributed by atoms with Crippen molar-refractivity contribution in [3.05, 3.63) is 41.2 Å². The Kier molecular flexibility index (Phi) is 5.83. The van der Waals surface area contributed by atoms with Gasteiger partial charge < -0.3 is 15.5 Å². The zero-order valence-corrected chi connectivity index (χ0v) is 16.6. The van der Waals surface area contributed by atoms with Crippen LogP contribution in [0.3, 0.4) is 0 Å². The lowest BCUT2D eigenvalue weighted by molar-refractivity contribution is 0.0948. The molecule has 0 saturated heterocycles. The van der Waals surface area contributed by atoms with Crippen molar-refractivity contribution in [2.75, 3.05) is 38.8 Å². The third-order valence-electron chi connectivity index (χ3n) is 3.93. The van der Waals surface area contributed by atoms with Crippen molar-refractivity contribution >= 4 is 23.6 Å². The summed E-state index contributed by atoms with van der Waals surface area (Å²) in [6, 6.07) is 7.72. The van der Waals surface area contributed by atoms with Gasteiger partial charge in [0, 0.05) is 26.3 Å². The summed E-state index contributed by atoms with van der Waals surface area (Å²) < 4.78 is 5.94. The summed E-state index contributed by atoms with van der Waals surface area (Å²) in [7, 11) is 7.62. The van der Waals surface area contributed by atoms with Crippen LogP contribution >= 0.6 is 0 Å². The Labute approximate surface area is 166 Å². The molecule has 0 bridgehead atoms. The van der Waals surface area contributed by atoms with Gasteiger partial charge in [-0.3, -0.25) is 4.79 Å². The molecule has 1 aromatic carbocycles. The Balaban J connectivity index is 1.78. The molecule has 0 aliphatic carbocycles. The molecular formula is C17H22N10O2. The van der Waals surface area contributed by atoms with Crippen LogP contribution in [-0.4, -0.2) is 70.5 Å². The Morgan fingerprint density at radius 2 is 1.97 bits per heavy atom. The summed E-state index contributed by atoms with van der Waals surface area (Å²) in [6.45, 7) is 0.359. The Morgan fingerprint density at radius 1 is 1.24 bits per heavy atom. The minimum Gasteiger partial charge on any atom is -0.378 e. The number of carbonyl (C=O) groups is 1. The highest BCUT2D eigenvalue weighted by molar-refractivity contribution is 5.94. The lowest BCUT2D eigenvalue weighted by Gasteiger charge is -2.11. The monoisotopic (exact) mass is 398 g/mol. The molecule has 0 spiro atoms. The van der Waals surface area contributed by atoms with Gasteiger partial charge in [-0.25, -0.2) is 10.1 Å². The van der Waals surface area contributed by atoms with E-state index in [0.29, 0.717) is 12.2 Å². The molecule has 0 aliphatic heterocycles. The SMILES string of the molecule is CN(C)Cc1c(C(=O)N/N=C/c2ccc(N(C)C)cc2)nnn1-c1nonc1N. The average Bonchev–Trinajstić information content (AvgIpc) is 3.27. The number of nitrogens with zero attached hydrogens (tertiary/aromatic N) is 8. The largest absolute Gasteiger partial charge is 0.378 e. The standard InChI is InChI=1S/C17H22N10O2/c1-25(2)10-13-14(20-24-27(13)16-15(18)22-29-23-16)17(28)21-19-9-11-5-7-12(8-6-11)26(3)4/h5-9H,10H2,1-4H3,(H2,18,22)(H,21,28)/b19-9+. The Bertz CT molecular complexity index is 1000. The number of carbonyl (C=O) groups excluding carboxylic acids is 1. The number of hydrogen-bond donors (Lipinski definition) is 2. The number of rotatable bonds is 7. The van der Waals surface area contributed by atoms with Gasteiger partial charge in [-0.1, -0.05) is 17.3 Å². The molecule has 3 rings (SSSR count). The van der Waals surface area contributed by atoms with Crippen LogP contribution in [0.25, 0.3) is 5.82 Å². The lowest BCUT2D eigenvalue weighted by Crippen LogP contribution is -2.23. The van der Waals surface area contributed by atoms with Crippen LogP contribution < -0.4 is 16.1 Å². The number of aromatic nitrogens is 5. The summed E-state index contributed by atoms with van der Waals surface area (Å²) >= 11 is 0. The fourth-order valence-electron chi connectivity index (χ4n) is 2.50. The van der Waals surface area contributed by atoms with E-state index in [2.05, 4.69) is 35.8 Å². The van der Waals surface area contributed by atoms with Crippen molar-refractivity contribution < 1.29 is 9.42 Å². The molecule has 12 nitrogen and oxygen atoms in total. The third-order valence-corrected chi connectivity index (χ3v) is 3.93. The number of anilines is 2. The maximum absolute atomic E-state index is 12.6. The van der Waals surface area contributed by atoms with Crippen molar-refractivity contribution in [1.82, 2.24) is 35.6 Å². The topological polar surface area (TPSA) is 144 Å². The van der Waals surface area contributed by atoms with E-state index >= 15 is 0 Å². The molecule has 2 heterocycles. The molecule has 0 fully saturated rings.